The zero-order chi connectivity index (χ0) is 20.0. The molecule has 0 aliphatic carbocycles. The molecule has 0 bridgehead atoms. The summed E-state index contributed by atoms with van der Waals surface area (Å²) in [5, 5.41) is 28.9. The van der Waals surface area contributed by atoms with Crippen molar-refractivity contribution in [2.24, 2.45) is 0 Å². The van der Waals surface area contributed by atoms with E-state index in [4.69, 9.17) is 10.5 Å². The first-order valence-corrected chi connectivity index (χ1v) is 9.73. The molecular weight excluding hydrogens is 348 g/mol. The molecule has 5 N–H and O–H groups in total. The SMILES string of the molecule is CCC1(CC)Oc2cc([N+](=O)[O-])c(N)cc2C(NCCCCCNC)C1O. The fraction of sp³-hybridized carbons (Fsp3) is 0.684. The van der Waals surface area contributed by atoms with Crippen LogP contribution in [0.15, 0.2) is 12.1 Å². The van der Waals surface area contributed by atoms with Gasteiger partial charge < -0.3 is 26.2 Å². The Morgan fingerprint density at radius 2 is 1.93 bits per heavy atom. The van der Waals surface area contributed by atoms with Gasteiger partial charge in [0.2, 0.25) is 0 Å². The molecule has 1 aromatic rings. The van der Waals surface area contributed by atoms with Crippen LogP contribution in [0.1, 0.15) is 57.6 Å². The Labute approximate surface area is 160 Å². The van der Waals surface area contributed by atoms with Crippen LogP contribution in [0.3, 0.4) is 0 Å². The first-order chi connectivity index (χ1) is 12.9. The molecule has 8 nitrogen and oxygen atoms in total. The van der Waals surface area contributed by atoms with Crippen LogP contribution in [0, 0.1) is 10.1 Å². The Morgan fingerprint density at radius 3 is 2.52 bits per heavy atom. The topological polar surface area (TPSA) is 123 Å². The van der Waals surface area contributed by atoms with Crippen LogP contribution >= 0.6 is 0 Å². The van der Waals surface area contributed by atoms with E-state index in [0.717, 1.165) is 32.4 Å². The number of hydrogen-bond acceptors (Lipinski definition) is 7. The number of nitrogens with zero attached hydrogens (tertiary/aromatic N) is 1. The lowest BCUT2D eigenvalue weighted by molar-refractivity contribution is -0.384. The summed E-state index contributed by atoms with van der Waals surface area (Å²) in [6.07, 6.45) is 3.59. The van der Waals surface area contributed by atoms with E-state index in [1.165, 1.54) is 6.07 Å². The Hall–Kier alpha value is -1.90. The number of anilines is 1. The van der Waals surface area contributed by atoms with Crippen LogP contribution in [0.4, 0.5) is 11.4 Å². The highest BCUT2D eigenvalue weighted by Crippen LogP contribution is 2.45. The molecule has 8 heteroatoms. The zero-order valence-electron chi connectivity index (χ0n) is 16.5. The van der Waals surface area contributed by atoms with Gasteiger partial charge >= 0.3 is 0 Å². The van der Waals surface area contributed by atoms with Gasteiger partial charge in [0.1, 0.15) is 23.1 Å². The van der Waals surface area contributed by atoms with Crippen LogP contribution in [-0.4, -0.2) is 41.9 Å². The first kappa shape index (κ1) is 21.4. The van der Waals surface area contributed by atoms with Crippen molar-refractivity contribution in [3.8, 4) is 5.75 Å². The number of aliphatic hydroxyl groups excluding tert-OH is 1. The van der Waals surface area contributed by atoms with Crippen molar-refractivity contribution in [3.63, 3.8) is 0 Å². The van der Waals surface area contributed by atoms with Crippen LogP contribution in [0.5, 0.6) is 5.75 Å². The third-order valence-corrected chi connectivity index (χ3v) is 5.52. The van der Waals surface area contributed by atoms with Crippen molar-refractivity contribution in [3.05, 3.63) is 27.8 Å². The number of nitrogens with one attached hydrogen (secondary N) is 2. The highest BCUT2D eigenvalue weighted by atomic mass is 16.6. The number of fused-ring (bicyclic) bond motifs is 1. The van der Waals surface area contributed by atoms with Crippen LogP contribution < -0.4 is 21.1 Å². The Bertz CT molecular complexity index is 649. The molecule has 2 unspecified atom stereocenters. The zero-order valence-corrected chi connectivity index (χ0v) is 16.5. The summed E-state index contributed by atoms with van der Waals surface area (Å²) in [5.41, 5.74) is 5.69. The predicted octanol–water partition coefficient (Wildman–Crippen LogP) is 2.51. The van der Waals surface area contributed by atoms with Crippen molar-refractivity contribution < 1.29 is 14.8 Å². The summed E-state index contributed by atoms with van der Waals surface area (Å²) in [6, 6.07) is 2.57. The van der Waals surface area contributed by atoms with E-state index in [2.05, 4.69) is 10.6 Å². The second kappa shape index (κ2) is 9.34. The van der Waals surface area contributed by atoms with Gasteiger partial charge in [-0.3, -0.25) is 10.1 Å². The maximum absolute atomic E-state index is 11.3. The molecule has 27 heavy (non-hydrogen) atoms. The average molecular weight is 380 g/mol. The number of unbranched alkanes of at least 4 members (excludes halogenated alkanes) is 2. The number of hydrogen-bond donors (Lipinski definition) is 4. The van der Waals surface area contributed by atoms with Gasteiger partial charge in [-0.1, -0.05) is 20.3 Å². The molecule has 2 atom stereocenters. The fourth-order valence-corrected chi connectivity index (χ4v) is 3.74. The minimum absolute atomic E-state index is 0.0795. The highest BCUT2D eigenvalue weighted by Gasteiger charge is 2.47. The summed E-state index contributed by atoms with van der Waals surface area (Å²) in [6.45, 7) is 5.64. The average Bonchev–Trinajstić information content (AvgIpc) is 2.65. The second-order valence-corrected chi connectivity index (χ2v) is 7.12. The summed E-state index contributed by atoms with van der Waals surface area (Å²) < 4.78 is 6.11. The molecule has 0 saturated carbocycles. The Morgan fingerprint density at radius 1 is 1.26 bits per heavy atom. The van der Waals surface area contributed by atoms with Crippen LogP contribution in [-0.2, 0) is 0 Å². The second-order valence-electron chi connectivity index (χ2n) is 7.12. The number of benzene rings is 1. The fourth-order valence-electron chi connectivity index (χ4n) is 3.74. The Balaban J connectivity index is 2.28. The van der Waals surface area contributed by atoms with Gasteiger partial charge in [-0.15, -0.1) is 0 Å². The van der Waals surface area contributed by atoms with Gasteiger partial charge in [-0.05, 0) is 51.9 Å². The minimum atomic E-state index is -0.777. The molecule has 0 aromatic heterocycles. The normalized spacial score (nSPS) is 20.7. The third kappa shape index (κ3) is 4.51. The molecule has 152 valence electrons. The van der Waals surface area contributed by atoms with E-state index in [1.807, 2.05) is 20.9 Å². The molecular formula is C19H32N4O4. The van der Waals surface area contributed by atoms with Crippen molar-refractivity contribution in [1.29, 1.82) is 0 Å². The quantitative estimate of drug-likeness (QED) is 0.213. The van der Waals surface area contributed by atoms with Gasteiger partial charge in [0.15, 0.2) is 0 Å². The molecule has 2 rings (SSSR count). The summed E-state index contributed by atoms with van der Waals surface area (Å²) in [5.74, 6) is 0.428. The van der Waals surface area contributed by atoms with Gasteiger partial charge in [0.25, 0.3) is 5.69 Å². The molecule has 0 radical (unpaired) electrons. The van der Waals surface area contributed by atoms with E-state index in [0.29, 0.717) is 24.2 Å². The van der Waals surface area contributed by atoms with E-state index >= 15 is 0 Å². The lowest BCUT2D eigenvalue weighted by Gasteiger charge is -2.46. The third-order valence-electron chi connectivity index (χ3n) is 5.52. The van der Waals surface area contributed by atoms with E-state index < -0.39 is 16.6 Å². The van der Waals surface area contributed by atoms with Crippen molar-refractivity contribution >= 4 is 11.4 Å². The number of rotatable bonds is 10. The number of aliphatic hydroxyl groups is 1. The minimum Gasteiger partial charge on any atom is -0.484 e. The molecule has 0 amide bonds. The lowest BCUT2D eigenvalue weighted by Crippen LogP contribution is -2.55. The van der Waals surface area contributed by atoms with E-state index in [9.17, 15) is 15.2 Å². The van der Waals surface area contributed by atoms with Gasteiger partial charge in [0, 0.05) is 5.56 Å². The summed E-state index contributed by atoms with van der Waals surface area (Å²) >= 11 is 0. The molecule has 1 heterocycles. The molecule has 0 spiro atoms. The molecule has 1 aromatic carbocycles. The standard InChI is InChI=1S/C19H32N4O4/c1-4-19(5-2)18(24)17(22-10-8-6-7-9-21-3)13-11-14(20)15(23(25)26)12-16(13)27-19/h11-12,17-18,21-22,24H,4-10,20H2,1-3H3. The molecule has 1 aliphatic rings. The maximum atomic E-state index is 11.3. The van der Waals surface area contributed by atoms with Crippen molar-refractivity contribution in [2.45, 2.75) is 63.7 Å². The van der Waals surface area contributed by atoms with Crippen molar-refractivity contribution in [1.82, 2.24) is 10.6 Å². The molecule has 0 saturated heterocycles. The van der Waals surface area contributed by atoms with Crippen molar-refractivity contribution in [2.75, 3.05) is 25.9 Å². The number of nitro benzene ring substituents is 1. The van der Waals surface area contributed by atoms with Gasteiger partial charge in [-0.2, -0.15) is 0 Å². The predicted molar refractivity (Wildman–Crippen MR) is 106 cm³/mol. The molecule has 1 aliphatic heterocycles. The smallest absolute Gasteiger partial charge is 0.295 e. The highest BCUT2D eigenvalue weighted by molar-refractivity contribution is 5.65. The number of nitrogen functional groups attached to an aromatic ring is 1. The number of ether oxygens (including phenoxy) is 1. The summed E-state index contributed by atoms with van der Waals surface area (Å²) in [4.78, 5) is 10.7. The summed E-state index contributed by atoms with van der Waals surface area (Å²) in [7, 11) is 1.94. The van der Waals surface area contributed by atoms with E-state index in [-0.39, 0.29) is 17.4 Å². The first-order valence-electron chi connectivity index (χ1n) is 9.73. The number of nitro groups is 1. The largest absolute Gasteiger partial charge is 0.484 e. The van der Waals surface area contributed by atoms with E-state index in [1.54, 1.807) is 6.07 Å². The van der Waals surface area contributed by atoms with Crippen LogP contribution in [0.25, 0.3) is 0 Å². The van der Waals surface area contributed by atoms with Gasteiger partial charge in [0.05, 0.1) is 17.0 Å². The maximum Gasteiger partial charge on any atom is 0.295 e. The van der Waals surface area contributed by atoms with Crippen LogP contribution in [0.2, 0.25) is 0 Å². The van der Waals surface area contributed by atoms with Gasteiger partial charge in [-0.25, -0.2) is 0 Å². The monoisotopic (exact) mass is 380 g/mol. The lowest BCUT2D eigenvalue weighted by atomic mass is 9.80. The number of nitrogens with two attached hydrogens (primary N) is 1. The Kier molecular flexibility index (Phi) is 7.41. The molecule has 0 fully saturated rings.